The van der Waals surface area contributed by atoms with E-state index in [4.69, 9.17) is 18.9 Å². The molecule has 0 aliphatic heterocycles. The second-order valence-electron chi connectivity index (χ2n) is 9.57. The van der Waals surface area contributed by atoms with E-state index in [9.17, 15) is 19.8 Å². The Morgan fingerprint density at radius 2 is 1.30 bits per heavy atom. The molecule has 3 aromatic rings. The van der Waals surface area contributed by atoms with E-state index in [0.29, 0.717) is 22.6 Å². The molecule has 0 aliphatic carbocycles. The Morgan fingerprint density at radius 1 is 0.800 bits per heavy atom. The van der Waals surface area contributed by atoms with Gasteiger partial charge in [0.05, 0.1) is 33.2 Å². The predicted molar refractivity (Wildman–Crippen MR) is 150 cm³/mol. The highest BCUT2D eigenvalue weighted by molar-refractivity contribution is 5.80. The molecule has 8 nitrogen and oxygen atoms in total. The number of hydrogen-bond donors (Lipinski definition) is 2. The van der Waals surface area contributed by atoms with E-state index >= 15 is 0 Å². The highest BCUT2D eigenvalue weighted by Gasteiger charge is 2.48. The quantitative estimate of drug-likeness (QED) is 0.160. The summed E-state index contributed by atoms with van der Waals surface area (Å²) in [5, 5.41) is 22.4. The molecule has 0 heterocycles. The van der Waals surface area contributed by atoms with Gasteiger partial charge < -0.3 is 34.0 Å². The molecule has 0 fully saturated rings. The molecule has 0 saturated heterocycles. The molecule has 0 saturated carbocycles. The molecule has 3 aromatic carbocycles. The topological polar surface area (TPSA) is 112 Å². The summed E-state index contributed by atoms with van der Waals surface area (Å²) in [7, 11) is 3.16. The summed E-state index contributed by atoms with van der Waals surface area (Å²) in [5.74, 6) is -2.35. The van der Waals surface area contributed by atoms with Crippen LogP contribution in [0.3, 0.4) is 0 Å². The van der Waals surface area contributed by atoms with Gasteiger partial charge in [0.25, 0.3) is 0 Å². The van der Waals surface area contributed by atoms with Crippen molar-refractivity contribution in [3.05, 3.63) is 95.6 Å². The van der Waals surface area contributed by atoms with Crippen molar-refractivity contribution < 1.29 is 38.7 Å². The fourth-order valence-corrected chi connectivity index (χ4v) is 4.58. The van der Waals surface area contributed by atoms with E-state index in [-0.39, 0.29) is 31.7 Å². The molecule has 40 heavy (non-hydrogen) atoms. The third-order valence-corrected chi connectivity index (χ3v) is 6.99. The lowest BCUT2D eigenvalue weighted by atomic mass is 9.79. The molecule has 2 atom stereocenters. The number of carbonyl (C=O) groups is 2. The molecule has 2 unspecified atom stereocenters. The minimum Gasteiger partial charge on any atom is -0.497 e. The molecule has 2 N–H and O–H groups in total. The molecule has 0 aliphatic rings. The van der Waals surface area contributed by atoms with Crippen molar-refractivity contribution in [2.24, 2.45) is 5.92 Å². The van der Waals surface area contributed by atoms with E-state index < -0.39 is 29.9 Å². The Bertz CT molecular complexity index is 1180. The van der Waals surface area contributed by atoms with Crippen LogP contribution in [-0.4, -0.2) is 55.2 Å². The van der Waals surface area contributed by atoms with Crippen LogP contribution < -0.4 is 9.47 Å². The molecule has 0 amide bonds. The second-order valence-corrected chi connectivity index (χ2v) is 9.57. The zero-order chi connectivity index (χ0) is 29.2. The van der Waals surface area contributed by atoms with Crippen molar-refractivity contribution >= 4 is 11.8 Å². The van der Waals surface area contributed by atoms with Crippen LogP contribution in [0.15, 0.2) is 78.9 Å². The number of Topliss-reactive ketones (excluding diaryl/α,β-unsaturated/α-hetero) is 1. The number of esters is 1. The first-order valence-electron chi connectivity index (χ1n) is 13.3. The number of methoxy groups -OCH3 is 2. The van der Waals surface area contributed by atoms with E-state index in [1.54, 1.807) is 21.1 Å². The van der Waals surface area contributed by atoms with Gasteiger partial charge in [0.2, 0.25) is 0 Å². The zero-order valence-corrected chi connectivity index (χ0v) is 23.5. The van der Waals surface area contributed by atoms with Gasteiger partial charge in [-0.1, -0.05) is 61.5 Å². The lowest BCUT2D eigenvalue weighted by molar-refractivity contribution is -0.287. The van der Waals surface area contributed by atoms with Gasteiger partial charge in [-0.3, -0.25) is 4.79 Å². The van der Waals surface area contributed by atoms with Gasteiger partial charge in [-0.15, -0.1) is 0 Å². The molecular formula is C32H38O8. The third-order valence-electron chi connectivity index (χ3n) is 6.99. The summed E-state index contributed by atoms with van der Waals surface area (Å²) in [6.45, 7) is 2.32. The van der Waals surface area contributed by atoms with Crippen molar-refractivity contribution in [3.8, 4) is 11.5 Å². The maximum Gasteiger partial charge on any atom is 0.306 e. The van der Waals surface area contributed by atoms with Crippen LogP contribution >= 0.6 is 0 Å². The summed E-state index contributed by atoms with van der Waals surface area (Å²) in [5.41, 5.74) is 0.780. The smallest absolute Gasteiger partial charge is 0.306 e. The van der Waals surface area contributed by atoms with Gasteiger partial charge in [-0.05, 0) is 54.3 Å². The first kappa shape index (κ1) is 30.8. The number of aliphatic hydroxyl groups is 2. The SMILES string of the molecule is CCC(O)(OC(c1ccccc1)(c1ccc(OC)cc1)c1ccc(OC)cc1)C(CO)COC(=O)CCC(C)=O. The number of hydrogen-bond acceptors (Lipinski definition) is 8. The van der Waals surface area contributed by atoms with E-state index in [0.717, 1.165) is 5.56 Å². The molecule has 3 rings (SSSR count). The number of benzene rings is 3. The van der Waals surface area contributed by atoms with Crippen molar-refractivity contribution in [1.29, 1.82) is 0 Å². The Balaban J connectivity index is 2.15. The lowest BCUT2D eigenvalue weighted by Gasteiger charge is -2.45. The Kier molecular flexibility index (Phi) is 10.8. The number of rotatable bonds is 15. The highest BCUT2D eigenvalue weighted by Crippen LogP contribution is 2.46. The monoisotopic (exact) mass is 550 g/mol. The Morgan fingerprint density at radius 3 is 1.73 bits per heavy atom. The molecule has 0 spiro atoms. The van der Waals surface area contributed by atoms with Crippen LogP contribution in [0.2, 0.25) is 0 Å². The molecule has 0 aromatic heterocycles. The average molecular weight is 551 g/mol. The fraction of sp³-hybridized carbons (Fsp3) is 0.375. The van der Waals surface area contributed by atoms with Gasteiger partial charge in [0.1, 0.15) is 29.5 Å². The van der Waals surface area contributed by atoms with Crippen LogP contribution in [0.5, 0.6) is 11.5 Å². The van der Waals surface area contributed by atoms with Crippen LogP contribution in [0.25, 0.3) is 0 Å². The summed E-state index contributed by atoms with van der Waals surface area (Å²) < 4.78 is 23.0. The third kappa shape index (κ3) is 7.07. The largest absolute Gasteiger partial charge is 0.497 e. The van der Waals surface area contributed by atoms with E-state index in [2.05, 4.69) is 0 Å². The van der Waals surface area contributed by atoms with Gasteiger partial charge in [-0.25, -0.2) is 0 Å². The van der Waals surface area contributed by atoms with Gasteiger partial charge >= 0.3 is 5.97 Å². The molecule has 0 radical (unpaired) electrons. The summed E-state index contributed by atoms with van der Waals surface area (Å²) in [4.78, 5) is 23.5. The maximum atomic E-state index is 12.3. The Hall–Kier alpha value is -3.72. The van der Waals surface area contributed by atoms with Crippen molar-refractivity contribution in [2.75, 3.05) is 27.4 Å². The fourth-order valence-electron chi connectivity index (χ4n) is 4.58. The van der Waals surface area contributed by atoms with Crippen molar-refractivity contribution in [2.45, 2.75) is 44.5 Å². The maximum absolute atomic E-state index is 12.3. The number of ketones is 1. The summed E-state index contributed by atoms with van der Waals surface area (Å²) >= 11 is 0. The normalized spacial score (nSPS) is 13.7. The minimum atomic E-state index is -1.94. The minimum absolute atomic E-state index is 0.0588. The number of aliphatic hydroxyl groups excluding tert-OH is 1. The van der Waals surface area contributed by atoms with Crippen molar-refractivity contribution in [1.82, 2.24) is 0 Å². The number of ether oxygens (including phenoxy) is 4. The number of carbonyl (C=O) groups excluding carboxylic acids is 2. The standard InChI is InChI=1S/C32H38O8/c1-5-31(36,27(21-33)22-39-30(35)20-11-23(2)34)40-32(24-9-7-6-8-10-24,25-12-16-28(37-3)17-13-25)26-14-18-29(38-4)19-15-26/h6-10,12-19,27,33,36H,5,11,20-22H2,1-4H3. The van der Waals surface area contributed by atoms with Gasteiger partial charge in [0.15, 0.2) is 5.79 Å². The van der Waals surface area contributed by atoms with Crippen LogP contribution in [0.1, 0.15) is 49.8 Å². The van der Waals surface area contributed by atoms with Crippen LogP contribution in [0, 0.1) is 5.92 Å². The molecular weight excluding hydrogens is 512 g/mol. The second kappa shape index (κ2) is 14.1. The lowest BCUT2D eigenvalue weighted by Crippen LogP contribution is -2.51. The average Bonchev–Trinajstić information content (AvgIpc) is 2.99. The van der Waals surface area contributed by atoms with Gasteiger partial charge in [-0.2, -0.15) is 0 Å². The molecule has 214 valence electrons. The summed E-state index contributed by atoms with van der Waals surface area (Å²) in [6.07, 6.45) is 0.0535. The summed E-state index contributed by atoms with van der Waals surface area (Å²) in [6, 6.07) is 24.2. The van der Waals surface area contributed by atoms with E-state index in [1.807, 2.05) is 78.9 Å². The Labute approximate surface area is 235 Å². The highest BCUT2D eigenvalue weighted by atomic mass is 16.6. The van der Waals surface area contributed by atoms with E-state index in [1.165, 1.54) is 6.92 Å². The van der Waals surface area contributed by atoms with Crippen molar-refractivity contribution in [3.63, 3.8) is 0 Å². The predicted octanol–water partition coefficient (Wildman–Crippen LogP) is 4.63. The van der Waals surface area contributed by atoms with Crippen LogP contribution in [-0.2, 0) is 24.7 Å². The molecule has 0 bridgehead atoms. The molecule has 8 heteroatoms. The van der Waals surface area contributed by atoms with Gasteiger partial charge in [0, 0.05) is 6.42 Å². The first-order valence-corrected chi connectivity index (χ1v) is 13.3. The zero-order valence-electron chi connectivity index (χ0n) is 23.5. The first-order chi connectivity index (χ1) is 19.2. The van der Waals surface area contributed by atoms with Crippen LogP contribution in [0.4, 0.5) is 0 Å².